The number of nitrogen functional groups attached to an aromatic ring is 1. The molecule has 0 spiro atoms. The minimum absolute atomic E-state index is 0.0195. The van der Waals surface area contributed by atoms with Gasteiger partial charge in [-0.25, -0.2) is 0 Å². The largest absolute Gasteiger partial charge is 0.368 e. The molecule has 1 aliphatic rings. The Morgan fingerprint density at radius 3 is 2.53 bits per heavy atom. The van der Waals surface area contributed by atoms with Crippen molar-refractivity contribution in [2.24, 2.45) is 0 Å². The van der Waals surface area contributed by atoms with Gasteiger partial charge in [0.1, 0.15) is 0 Å². The number of carbonyl (C=O) groups excluding carboxylic acids is 1. The molecule has 1 fully saturated rings. The van der Waals surface area contributed by atoms with E-state index in [-0.39, 0.29) is 17.9 Å². The molecule has 30 heavy (non-hydrogen) atoms. The number of anilines is 3. The topological polar surface area (TPSA) is 104 Å². The van der Waals surface area contributed by atoms with Crippen LogP contribution >= 0.6 is 0 Å². The summed E-state index contributed by atoms with van der Waals surface area (Å²) in [6.07, 6.45) is 0. The maximum Gasteiger partial charge on any atom is 0.238 e. The minimum Gasteiger partial charge on any atom is -0.368 e. The molecule has 0 unspecified atom stereocenters. The SMILES string of the molecule is Cc1cccc(NC(=O)CN2CCN([C@H](C)c3nc(N)nc(N(C)C)n3)CC2)c1C. The number of hydrogen-bond donors (Lipinski definition) is 2. The van der Waals surface area contributed by atoms with E-state index in [0.717, 1.165) is 37.4 Å². The molecule has 1 atom stereocenters. The third-order valence-electron chi connectivity index (χ3n) is 5.63. The summed E-state index contributed by atoms with van der Waals surface area (Å²) in [6.45, 7) is 9.84. The van der Waals surface area contributed by atoms with Crippen LogP contribution in [-0.2, 0) is 4.79 Å². The molecule has 1 aromatic carbocycles. The molecule has 0 bridgehead atoms. The van der Waals surface area contributed by atoms with Gasteiger partial charge < -0.3 is 16.0 Å². The van der Waals surface area contributed by atoms with Crippen molar-refractivity contribution in [2.45, 2.75) is 26.8 Å². The van der Waals surface area contributed by atoms with Gasteiger partial charge in [0.05, 0.1) is 12.6 Å². The van der Waals surface area contributed by atoms with Crippen molar-refractivity contribution in [3.63, 3.8) is 0 Å². The third-order valence-corrected chi connectivity index (χ3v) is 5.63. The summed E-state index contributed by atoms with van der Waals surface area (Å²) < 4.78 is 0. The van der Waals surface area contributed by atoms with Crippen molar-refractivity contribution in [1.29, 1.82) is 0 Å². The number of carbonyl (C=O) groups is 1. The van der Waals surface area contributed by atoms with Gasteiger partial charge in [-0.2, -0.15) is 15.0 Å². The number of amides is 1. The lowest BCUT2D eigenvalue weighted by atomic mass is 10.1. The van der Waals surface area contributed by atoms with E-state index in [9.17, 15) is 4.79 Å². The Kier molecular flexibility index (Phi) is 6.84. The molecule has 1 amide bonds. The van der Waals surface area contributed by atoms with Crippen molar-refractivity contribution < 1.29 is 4.79 Å². The zero-order chi connectivity index (χ0) is 21.8. The first-order valence-corrected chi connectivity index (χ1v) is 10.3. The zero-order valence-electron chi connectivity index (χ0n) is 18.5. The molecule has 2 heterocycles. The van der Waals surface area contributed by atoms with Crippen molar-refractivity contribution in [3.05, 3.63) is 35.2 Å². The zero-order valence-corrected chi connectivity index (χ0v) is 18.5. The van der Waals surface area contributed by atoms with E-state index in [2.05, 4.69) is 37.0 Å². The van der Waals surface area contributed by atoms with Crippen LogP contribution in [-0.4, -0.2) is 77.5 Å². The van der Waals surface area contributed by atoms with Crippen molar-refractivity contribution in [2.75, 3.05) is 62.8 Å². The fourth-order valence-corrected chi connectivity index (χ4v) is 3.54. The van der Waals surface area contributed by atoms with Crippen LogP contribution in [0.3, 0.4) is 0 Å². The first-order valence-electron chi connectivity index (χ1n) is 10.3. The number of aryl methyl sites for hydroxylation is 1. The van der Waals surface area contributed by atoms with E-state index in [1.807, 2.05) is 51.0 Å². The van der Waals surface area contributed by atoms with E-state index in [1.165, 1.54) is 5.56 Å². The van der Waals surface area contributed by atoms with Gasteiger partial charge in [0.2, 0.25) is 17.8 Å². The van der Waals surface area contributed by atoms with Gasteiger partial charge in [-0.15, -0.1) is 0 Å². The number of benzene rings is 1. The predicted molar refractivity (Wildman–Crippen MR) is 120 cm³/mol. The fourth-order valence-electron chi connectivity index (χ4n) is 3.54. The van der Waals surface area contributed by atoms with Crippen LogP contribution in [0, 0.1) is 13.8 Å². The van der Waals surface area contributed by atoms with Gasteiger partial charge in [0.25, 0.3) is 0 Å². The summed E-state index contributed by atoms with van der Waals surface area (Å²) in [4.78, 5) is 31.9. The maximum absolute atomic E-state index is 12.5. The minimum atomic E-state index is 0.0195. The summed E-state index contributed by atoms with van der Waals surface area (Å²) in [7, 11) is 3.76. The van der Waals surface area contributed by atoms with E-state index in [0.29, 0.717) is 18.3 Å². The molecule has 9 nitrogen and oxygen atoms in total. The molecule has 2 aromatic rings. The second-order valence-corrected chi connectivity index (χ2v) is 8.03. The Morgan fingerprint density at radius 1 is 1.17 bits per heavy atom. The standard InChI is InChI=1S/C21H32N8O/c1-14-7-6-8-17(15(14)2)23-18(30)13-28-9-11-29(12-10-28)16(3)19-24-20(22)26-21(25-19)27(4)5/h6-8,16H,9-13H2,1-5H3,(H,23,30)(H2,22,24,25,26)/t16-/m1/s1. The van der Waals surface area contributed by atoms with Crippen LogP contribution in [0.15, 0.2) is 18.2 Å². The van der Waals surface area contributed by atoms with Crippen LogP contribution in [0.2, 0.25) is 0 Å². The number of hydrogen-bond acceptors (Lipinski definition) is 8. The highest BCUT2D eigenvalue weighted by Crippen LogP contribution is 2.21. The lowest BCUT2D eigenvalue weighted by molar-refractivity contribution is -0.117. The third kappa shape index (κ3) is 5.22. The Bertz CT molecular complexity index is 893. The molecule has 162 valence electrons. The highest BCUT2D eigenvalue weighted by Gasteiger charge is 2.25. The number of rotatable bonds is 6. The number of piperazine rings is 1. The number of nitrogens with one attached hydrogen (secondary N) is 1. The van der Waals surface area contributed by atoms with Crippen LogP contribution in [0.5, 0.6) is 0 Å². The average Bonchev–Trinajstić information content (AvgIpc) is 2.71. The first kappa shape index (κ1) is 21.9. The Morgan fingerprint density at radius 2 is 1.87 bits per heavy atom. The Labute approximate surface area is 178 Å². The van der Waals surface area contributed by atoms with Gasteiger partial charge in [0.15, 0.2) is 5.82 Å². The van der Waals surface area contributed by atoms with Gasteiger partial charge in [-0.05, 0) is 38.0 Å². The Hall–Kier alpha value is -2.78. The summed E-state index contributed by atoms with van der Waals surface area (Å²) in [5.41, 5.74) is 9.03. The van der Waals surface area contributed by atoms with Crippen molar-refractivity contribution in [3.8, 4) is 0 Å². The molecule has 0 saturated carbocycles. The summed E-state index contributed by atoms with van der Waals surface area (Å²) in [5.74, 6) is 1.49. The summed E-state index contributed by atoms with van der Waals surface area (Å²) in [5, 5.41) is 3.04. The quantitative estimate of drug-likeness (QED) is 0.735. The van der Waals surface area contributed by atoms with E-state index in [1.54, 1.807) is 0 Å². The monoisotopic (exact) mass is 412 g/mol. The molecule has 1 aliphatic heterocycles. The molecule has 9 heteroatoms. The van der Waals surface area contributed by atoms with Crippen molar-refractivity contribution in [1.82, 2.24) is 24.8 Å². The van der Waals surface area contributed by atoms with E-state index < -0.39 is 0 Å². The van der Waals surface area contributed by atoms with Crippen LogP contribution in [0.25, 0.3) is 0 Å². The Balaban J connectivity index is 1.54. The normalized spacial score (nSPS) is 16.3. The smallest absolute Gasteiger partial charge is 0.238 e. The lowest BCUT2D eigenvalue weighted by Gasteiger charge is -2.37. The molecule has 1 aromatic heterocycles. The molecule has 1 saturated heterocycles. The van der Waals surface area contributed by atoms with Gasteiger partial charge in [-0.1, -0.05) is 12.1 Å². The second-order valence-electron chi connectivity index (χ2n) is 8.03. The lowest BCUT2D eigenvalue weighted by Crippen LogP contribution is -2.49. The van der Waals surface area contributed by atoms with Gasteiger partial charge in [-0.3, -0.25) is 14.6 Å². The average molecular weight is 413 g/mol. The molecule has 0 aliphatic carbocycles. The summed E-state index contributed by atoms with van der Waals surface area (Å²) in [6, 6.07) is 5.99. The predicted octanol–water partition coefficient (Wildman–Crippen LogP) is 1.45. The van der Waals surface area contributed by atoms with Crippen LogP contribution in [0.4, 0.5) is 17.6 Å². The van der Waals surface area contributed by atoms with Gasteiger partial charge in [0, 0.05) is 46.0 Å². The fraction of sp³-hybridized carbons (Fsp3) is 0.524. The highest BCUT2D eigenvalue weighted by atomic mass is 16.2. The van der Waals surface area contributed by atoms with E-state index >= 15 is 0 Å². The molecular formula is C21H32N8O. The number of aromatic nitrogens is 3. The number of nitrogens with two attached hydrogens (primary N) is 1. The summed E-state index contributed by atoms with van der Waals surface area (Å²) >= 11 is 0. The van der Waals surface area contributed by atoms with Crippen LogP contribution in [0.1, 0.15) is 29.9 Å². The molecular weight excluding hydrogens is 380 g/mol. The van der Waals surface area contributed by atoms with Gasteiger partial charge >= 0.3 is 0 Å². The molecule has 0 radical (unpaired) electrons. The highest BCUT2D eigenvalue weighted by molar-refractivity contribution is 5.93. The molecule has 3 N–H and O–H groups in total. The first-order chi connectivity index (χ1) is 14.2. The van der Waals surface area contributed by atoms with E-state index in [4.69, 9.17) is 5.73 Å². The van der Waals surface area contributed by atoms with Crippen LogP contribution < -0.4 is 16.0 Å². The number of nitrogens with zero attached hydrogens (tertiary/aromatic N) is 6. The maximum atomic E-state index is 12.5. The molecule has 3 rings (SSSR count). The van der Waals surface area contributed by atoms with Crippen molar-refractivity contribution >= 4 is 23.5 Å². The second kappa shape index (κ2) is 9.36.